The quantitative estimate of drug-likeness (QED) is 0.857. The molecule has 2 rings (SSSR count). The lowest BCUT2D eigenvalue weighted by Crippen LogP contribution is -2.39. The van der Waals surface area contributed by atoms with Crippen LogP contribution in [0.2, 0.25) is 0 Å². The van der Waals surface area contributed by atoms with Gasteiger partial charge in [-0.15, -0.1) is 0 Å². The third-order valence-corrected chi connectivity index (χ3v) is 3.15. The summed E-state index contributed by atoms with van der Waals surface area (Å²) < 4.78 is 5.21. The lowest BCUT2D eigenvalue weighted by Gasteiger charge is -2.21. The van der Waals surface area contributed by atoms with Crippen molar-refractivity contribution in [3.8, 4) is 0 Å². The number of hydrogen-bond acceptors (Lipinski definition) is 3. The van der Waals surface area contributed by atoms with Crippen LogP contribution >= 0.6 is 0 Å². The van der Waals surface area contributed by atoms with E-state index in [0.717, 1.165) is 16.8 Å². The molecule has 1 aliphatic rings. The van der Waals surface area contributed by atoms with Crippen LogP contribution in [0.25, 0.3) is 0 Å². The molecule has 0 bridgehead atoms. The predicted molar refractivity (Wildman–Crippen MR) is 76.7 cm³/mol. The van der Waals surface area contributed by atoms with E-state index in [1.807, 2.05) is 25.1 Å². The van der Waals surface area contributed by atoms with E-state index in [2.05, 4.69) is 5.32 Å². The average Bonchev–Trinajstić information content (AvgIpc) is 2.53. The summed E-state index contributed by atoms with van der Waals surface area (Å²) in [6.45, 7) is 7.30. The van der Waals surface area contributed by atoms with E-state index < -0.39 is 17.7 Å². The lowest BCUT2D eigenvalue weighted by molar-refractivity contribution is -0.119. The van der Waals surface area contributed by atoms with Crippen molar-refractivity contribution >= 4 is 17.7 Å². The minimum Gasteiger partial charge on any atom is -0.444 e. The molecule has 2 amide bonds. The molecule has 108 valence electrons. The van der Waals surface area contributed by atoms with Crippen LogP contribution in [0.3, 0.4) is 0 Å². The number of anilines is 1. The van der Waals surface area contributed by atoms with Crippen LogP contribution in [0.15, 0.2) is 18.2 Å². The molecule has 1 heterocycles. The molecular formula is C15H20N2O3. The third kappa shape index (κ3) is 2.61. The van der Waals surface area contributed by atoms with Crippen molar-refractivity contribution in [1.29, 1.82) is 0 Å². The van der Waals surface area contributed by atoms with Gasteiger partial charge < -0.3 is 15.0 Å². The van der Waals surface area contributed by atoms with Crippen molar-refractivity contribution < 1.29 is 14.3 Å². The number of carbonyl (C=O) groups excluding carboxylic acids is 2. The summed E-state index contributed by atoms with van der Waals surface area (Å²) in [5, 5.41) is 2.65. The van der Waals surface area contributed by atoms with E-state index in [4.69, 9.17) is 4.74 Å². The van der Waals surface area contributed by atoms with E-state index in [1.54, 1.807) is 32.7 Å². The summed E-state index contributed by atoms with van der Waals surface area (Å²) in [6.07, 6.45) is -0.585. The van der Waals surface area contributed by atoms with Crippen molar-refractivity contribution in [1.82, 2.24) is 5.32 Å². The topological polar surface area (TPSA) is 58.6 Å². The van der Waals surface area contributed by atoms with Crippen molar-refractivity contribution in [2.75, 3.05) is 11.9 Å². The number of amides is 2. The number of alkyl carbamates (subject to hydrolysis) is 1. The van der Waals surface area contributed by atoms with Crippen molar-refractivity contribution in [3.63, 3.8) is 0 Å². The molecule has 1 aromatic carbocycles. The Balaban J connectivity index is 2.25. The highest BCUT2D eigenvalue weighted by Gasteiger charge is 2.37. The molecule has 1 unspecified atom stereocenters. The van der Waals surface area contributed by atoms with Crippen LogP contribution in [0.4, 0.5) is 10.5 Å². The zero-order valence-electron chi connectivity index (χ0n) is 12.5. The number of para-hydroxylation sites is 1. The molecule has 0 radical (unpaired) electrons. The summed E-state index contributed by atoms with van der Waals surface area (Å²) in [5.41, 5.74) is 2.08. The molecule has 1 aliphatic heterocycles. The maximum absolute atomic E-state index is 12.3. The first-order chi connectivity index (χ1) is 9.20. The largest absolute Gasteiger partial charge is 0.444 e. The van der Waals surface area contributed by atoms with E-state index in [1.165, 1.54) is 0 Å². The number of aryl methyl sites for hydroxylation is 1. The third-order valence-electron chi connectivity index (χ3n) is 3.15. The van der Waals surface area contributed by atoms with Crippen molar-refractivity contribution in [3.05, 3.63) is 29.3 Å². The molecular weight excluding hydrogens is 256 g/mol. The van der Waals surface area contributed by atoms with E-state index in [0.29, 0.717) is 0 Å². The van der Waals surface area contributed by atoms with Crippen molar-refractivity contribution in [2.45, 2.75) is 39.3 Å². The fourth-order valence-corrected chi connectivity index (χ4v) is 2.37. The maximum atomic E-state index is 12.3. The Bertz CT molecular complexity index is 561. The second-order valence-electron chi connectivity index (χ2n) is 5.99. The number of rotatable bonds is 1. The predicted octanol–water partition coefficient (Wildman–Crippen LogP) is 2.54. The van der Waals surface area contributed by atoms with Gasteiger partial charge in [0.15, 0.2) is 0 Å². The van der Waals surface area contributed by atoms with Gasteiger partial charge in [0.1, 0.15) is 11.6 Å². The highest BCUT2D eigenvalue weighted by Crippen LogP contribution is 2.37. The first-order valence-corrected chi connectivity index (χ1v) is 6.57. The van der Waals surface area contributed by atoms with Gasteiger partial charge in [0.05, 0.1) is 5.69 Å². The number of nitrogens with one attached hydrogen (secondary N) is 1. The fourth-order valence-electron chi connectivity index (χ4n) is 2.37. The molecule has 20 heavy (non-hydrogen) atoms. The van der Waals surface area contributed by atoms with E-state index in [9.17, 15) is 9.59 Å². The summed E-state index contributed by atoms with van der Waals surface area (Å²) in [7, 11) is 1.71. The zero-order valence-corrected chi connectivity index (χ0v) is 12.5. The standard InChI is InChI=1S/C15H20N2O3/c1-9-7-6-8-10-11(13(18)17(5)12(9)10)16-14(19)20-15(2,3)4/h6-8,11H,1-5H3,(H,16,19). The monoisotopic (exact) mass is 276 g/mol. The maximum Gasteiger partial charge on any atom is 0.408 e. The van der Waals surface area contributed by atoms with Gasteiger partial charge in [-0.25, -0.2) is 4.79 Å². The summed E-state index contributed by atoms with van der Waals surface area (Å²) in [4.78, 5) is 25.7. The Morgan fingerprint density at radius 2 is 2.00 bits per heavy atom. The minimum atomic E-state index is -0.676. The van der Waals surface area contributed by atoms with Gasteiger partial charge in [0, 0.05) is 12.6 Å². The molecule has 5 nitrogen and oxygen atoms in total. The second-order valence-corrected chi connectivity index (χ2v) is 5.99. The van der Waals surface area contributed by atoms with Crippen LogP contribution in [-0.2, 0) is 9.53 Å². The number of likely N-dealkylation sites (N-methyl/N-ethyl adjacent to an activating group) is 1. The van der Waals surface area contributed by atoms with Gasteiger partial charge in [-0.05, 0) is 33.3 Å². The van der Waals surface area contributed by atoms with Crippen LogP contribution < -0.4 is 10.2 Å². The Labute approximate surface area is 118 Å². The average molecular weight is 276 g/mol. The molecule has 0 saturated heterocycles. The number of hydrogen-bond donors (Lipinski definition) is 1. The van der Waals surface area contributed by atoms with Crippen LogP contribution in [0, 0.1) is 6.92 Å². The number of fused-ring (bicyclic) bond motifs is 1. The van der Waals surface area contributed by atoms with E-state index in [-0.39, 0.29) is 5.91 Å². The van der Waals surface area contributed by atoms with Gasteiger partial charge in [-0.3, -0.25) is 4.79 Å². The molecule has 0 spiro atoms. The molecule has 0 saturated carbocycles. The number of ether oxygens (including phenoxy) is 1. The van der Waals surface area contributed by atoms with Crippen LogP contribution in [0.5, 0.6) is 0 Å². The number of nitrogens with zero attached hydrogens (tertiary/aromatic N) is 1. The van der Waals surface area contributed by atoms with Crippen LogP contribution in [0.1, 0.15) is 37.9 Å². The summed E-state index contributed by atoms with van der Waals surface area (Å²) in [5.74, 6) is -0.153. The summed E-state index contributed by atoms with van der Waals surface area (Å²) in [6, 6.07) is 5.00. The normalized spacial score (nSPS) is 17.9. The van der Waals surface area contributed by atoms with Gasteiger partial charge in [-0.1, -0.05) is 18.2 Å². The van der Waals surface area contributed by atoms with Crippen LogP contribution in [-0.4, -0.2) is 24.6 Å². The molecule has 5 heteroatoms. The second kappa shape index (κ2) is 4.81. The highest BCUT2D eigenvalue weighted by molar-refractivity contribution is 6.06. The van der Waals surface area contributed by atoms with E-state index >= 15 is 0 Å². The first-order valence-electron chi connectivity index (χ1n) is 6.57. The molecule has 0 aromatic heterocycles. The fraction of sp³-hybridized carbons (Fsp3) is 0.467. The molecule has 1 aromatic rings. The van der Waals surface area contributed by atoms with Crippen molar-refractivity contribution in [2.24, 2.45) is 0 Å². The zero-order chi connectivity index (χ0) is 15.1. The molecule has 1 N–H and O–H groups in total. The number of carbonyl (C=O) groups is 2. The summed E-state index contributed by atoms with van der Waals surface area (Å²) >= 11 is 0. The highest BCUT2D eigenvalue weighted by atomic mass is 16.6. The van der Waals surface area contributed by atoms with Gasteiger partial charge >= 0.3 is 6.09 Å². The first kappa shape index (κ1) is 14.4. The Hall–Kier alpha value is -2.04. The molecule has 0 fully saturated rings. The molecule has 1 atom stereocenters. The van der Waals surface area contributed by atoms with Gasteiger partial charge in [-0.2, -0.15) is 0 Å². The molecule has 0 aliphatic carbocycles. The SMILES string of the molecule is Cc1cccc2c1N(C)C(=O)C2NC(=O)OC(C)(C)C. The lowest BCUT2D eigenvalue weighted by atomic mass is 10.1. The van der Waals surface area contributed by atoms with Gasteiger partial charge in [0.2, 0.25) is 0 Å². The minimum absolute atomic E-state index is 0.153. The Morgan fingerprint density at radius 3 is 2.60 bits per heavy atom. The Morgan fingerprint density at radius 1 is 1.35 bits per heavy atom. The Kier molecular flexibility index (Phi) is 3.46. The van der Waals surface area contributed by atoms with Gasteiger partial charge in [0.25, 0.3) is 5.91 Å². The smallest absolute Gasteiger partial charge is 0.408 e. The number of benzene rings is 1.